The molecular weight excluding hydrogens is 480 g/mol. The summed E-state index contributed by atoms with van der Waals surface area (Å²) in [5, 5.41) is 10.9. The van der Waals surface area contributed by atoms with Gasteiger partial charge in [0.15, 0.2) is 0 Å². The minimum atomic E-state index is -0.826. The van der Waals surface area contributed by atoms with Gasteiger partial charge in [-0.15, -0.1) is 0 Å². The number of aliphatic imine (C=N–C) groups is 1. The summed E-state index contributed by atoms with van der Waals surface area (Å²) in [5.41, 5.74) is 3.96. The van der Waals surface area contributed by atoms with Crippen LogP contribution in [0.4, 0.5) is 0 Å². The minimum absolute atomic E-state index is 0.129. The Morgan fingerprint density at radius 1 is 1.03 bits per heavy atom. The number of phenolic OH excluding ortho intramolecular Hbond substituents is 1. The van der Waals surface area contributed by atoms with Crippen LogP contribution in [0.15, 0.2) is 47.5 Å². The van der Waals surface area contributed by atoms with E-state index in [1.807, 2.05) is 12.3 Å². The summed E-state index contributed by atoms with van der Waals surface area (Å²) in [5.74, 6) is 0.992. The fourth-order valence-corrected chi connectivity index (χ4v) is 3.82. The third-order valence-electron chi connectivity index (χ3n) is 5.53. The number of halogens is 2. The second-order valence-electron chi connectivity index (χ2n) is 8.76. The van der Waals surface area contributed by atoms with Crippen molar-refractivity contribution in [2.75, 3.05) is 0 Å². The molecule has 0 saturated heterocycles. The summed E-state index contributed by atoms with van der Waals surface area (Å²) >= 11 is -0.826. The summed E-state index contributed by atoms with van der Waals surface area (Å²) in [6.07, 6.45) is 6.89. The van der Waals surface area contributed by atoms with Crippen LogP contribution in [-0.2, 0) is 26.3 Å². The van der Waals surface area contributed by atoms with E-state index >= 15 is 0 Å². The Morgan fingerprint density at radius 2 is 1.66 bits per heavy atom. The van der Waals surface area contributed by atoms with Crippen molar-refractivity contribution in [2.45, 2.75) is 64.8 Å². The number of rotatable bonds is 3. The number of phenols is 1. The third-order valence-corrected chi connectivity index (χ3v) is 5.53. The number of hydrogen-bond acceptors (Lipinski definition) is 2. The van der Waals surface area contributed by atoms with Crippen molar-refractivity contribution >= 4 is 23.2 Å². The quantitative estimate of drug-likeness (QED) is 0.420. The molecule has 1 aliphatic carbocycles. The van der Waals surface area contributed by atoms with Crippen molar-refractivity contribution < 1.29 is 26.0 Å². The van der Waals surface area contributed by atoms with Crippen LogP contribution < -0.4 is 0 Å². The maximum atomic E-state index is 10.9. The van der Waals surface area contributed by atoms with Gasteiger partial charge in [-0.2, -0.15) is 0 Å². The summed E-state index contributed by atoms with van der Waals surface area (Å²) in [6.45, 7) is 8.71. The van der Waals surface area contributed by atoms with E-state index < -0.39 is 20.8 Å². The van der Waals surface area contributed by atoms with E-state index in [9.17, 15) is 5.11 Å². The molecule has 2 aromatic carbocycles. The fourth-order valence-electron chi connectivity index (χ4n) is 3.82. The summed E-state index contributed by atoms with van der Waals surface area (Å²) < 4.78 is 0. The first kappa shape index (κ1) is 24.6. The molecule has 156 valence electrons. The van der Waals surface area contributed by atoms with Gasteiger partial charge in [-0.25, -0.2) is 0 Å². The number of benzene rings is 2. The first-order valence-corrected chi connectivity index (χ1v) is 16.5. The van der Waals surface area contributed by atoms with Crippen LogP contribution in [0.1, 0.15) is 64.5 Å². The maximum absolute atomic E-state index is 10.9. The van der Waals surface area contributed by atoms with Crippen LogP contribution in [0.3, 0.4) is 0 Å². The molecule has 2 aromatic rings. The first-order chi connectivity index (χ1) is 13.8. The molecule has 0 spiro atoms. The van der Waals surface area contributed by atoms with Gasteiger partial charge in [0.05, 0.1) is 6.04 Å². The van der Waals surface area contributed by atoms with E-state index in [-0.39, 0.29) is 5.41 Å². The molecule has 2 atom stereocenters. The van der Waals surface area contributed by atoms with Crippen molar-refractivity contribution in [3.8, 4) is 16.9 Å². The molecule has 0 amide bonds. The molecule has 1 aliphatic rings. The van der Waals surface area contributed by atoms with Gasteiger partial charge in [0.25, 0.3) is 0 Å². The predicted molar refractivity (Wildman–Crippen MR) is 123 cm³/mol. The van der Waals surface area contributed by atoms with Crippen LogP contribution >= 0.6 is 17.0 Å². The summed E-state index contributed by atoms with van der Waals surface area (Å²) in [7, 11) is 9.87. The predicted octanol–water partition coefficient (Wildman–Crippen LogP) is 7.73. The molecule has 0 aliphatic heterocycles. The topological polar surface area (TPSA) is 32.6 Å². The van der Waals surface area contributed by atoms with E-state index in [1.165, 1.54) is 24.8 Å². The first-order valence-electron chi connectivity index (χ1n) is 10.2. The molecule has 1 fully saturated rings. The van der Waals surface area contributed by atoms with Gasteiger partial charge in [-0.3, -0.25) is 4.99 Å². The Labute approximate surface area is 194 Å². The van der Waals surface area contributed by atoms with Gasteiger partial charge in [0, 0.05) is 17.3 Å². The number of nitrogens with zero attached hydrogens (tertiary/aromatic N) is 1. The Morgan fingerprint density at radius 3 is 2.24 bits per heavy atom. The van der Waals surface area contributed by atoms with Gasteiger partial charge in [0.2, 0.25) is 0 Å². The monoisotopic (exact) mass is 509 g/mol. The van der Waals surface area contributed by atoms with E-state index in [2.05, 4.69) is 64.1 Å². The third kappa shape index (κ3) is 7.23. The molecule has 29 heavy (non-hydrogen) atoms. The summed E-state index contributed by atoms with van der Waals surface area (Å²) in [4.78, 5) is 4.87. The molecular formula is C24H31Cl2NOZr. The molecule has 0 heterocycles. The van der Waals surface area contributed by atoms with Crippen molar-refractivity contribution in [3.63, 3.8) is 0 Å². The Bertz CT molecular complexity index is 803. The SMILES string of the molecule is CC1CCCCC1N=Cc1cc(-c2ccccc2)cc(C(C)(C)C)c1O.[Cl][Zr][Cl]. The Balaban J connectivity index is 0.000000941. The molecule has 3 rings (SSSR count). The average Bonchev–Trinajstić information content (AvgIpc) is 2.68. The normalized spacial score (nSPS) is 19.5. The van der Waals surface area contributed by atoms with Crippen LogP contribution in [-0.4, -0.2) is 17.4 Å². The molecule has 1 saturated carbocycles. The fraction of sp³-hybridized carbons (Fsp3) is 0.458. The molecule has 0 radical (unpaired) electrons. The zero-order chi connectivity index (χ0) is 21.4. The van der Waals surface area contributed by atoms with Crippen molar-refractivity contribution in [3.05, 3.63) is 53.6 Å². The van der Waals surface area contributed by atoms with Crippen LogP contribution in [0.2, 0.25) is 0 Å². The van der Waals surface area contributed by atoms with Crippen molar-refractivity contribution in [2.24, 2.45) is 10.9 Å². The van der Waals surface area contributed by atoms with Gasteiger partial charge in [-0.1, -0.05) is 70.9 Å². The Kier molecular flexibility index (Phi) is 9.92. The van der Waals surface area contributed by atoms with Gasteiger partial charge >= 0.3 is 37.9 Å². The molecule has 2 nitrogen and oxygen atoms in total. The van der Waals surface area contributed by atoms with Crippen LogP contribution in [0.5, 0.6) is 5.75 Å². The number of aromatic hydroxyl groups is 1. The van der Waals surface area contributed by atoms with Crippen molar-refractivity contribution in [1.29, 1.82) is 0 Å². The summed E-state index contributed by atoms with van der Waals surface area (Å²) in [6, 6.07) is 14.9. The van der Waals surface area contributed by atoms with Gasteiger partial charge < -0.3 is 5.11 Å². The standard InChI is InChI=1S/C24H31NO.2ClH.Zr/c1-17-10-8-9-13-22(17)25-16-20-14-19(18-11-6-5-7-12-18)15-21(23(20)26)24(2,3)4;;;/h5-7,11-12,14-17,22,26H,8-10,13H2,1-4H3;2*1H;/q;;;+2/p-2. The second kappa shape index (κ2) is 11.7. The van der Waals surface area contributed by atoms with E-state index in [1.54, 1.807) is 0 Å². The Hall–Kier alpha value is -0.627. The van der Waals surface area contributed by atoms with E-state index in [4.69, 9.17) is 22.0 Å². The second-order valence-corrected chi connectivity index (χ2v) is 12.5. The van der Waals surface area contributed by atoms with Gasteiger partial charge in [-0.05, 0) is 47.4 Å². The molecule has 0 bridgehead atoms. The molecule has 1 N–H and O–H groups in total. The number of hydrogen-bond donors (Lipinski definition) is 1. The molecule has 2 unspecified atom stereocenters. The van der Waals surface area contributed by atoms with E-state index in [0.29, 0.717) is 17.7 Å². The molecule has 0 aromatic heterocycles. The van der Waals surface area contributed by atoms with Crippen LogP contribution in [0, 0.1) is 5.92 Å². The molecule has 5 heteroatoms. The van der Waals surface area contributed by atoms with Gasteiger partial charge in [0.1, 0.15) is 5.75 Å². The zero-order valence-corrected chi connectivity index (χ0v) is 21.7. The average molecular weight is 512 g/mol. The van der Waals surface area contributed by atoms with Crippen LogP contribution in [0.25, 0.3) is 11.1 Å². The van der Waals surface area contributed by atoms with E-state index in [0.717, 1.165) is 23.1 Å². The zero-order valence-electron chi connectivity index (χ0n) is 17.8. The van der Waals surface area contributed by atoms with Crippen molar-refractivity contribution in [1.82, 2.24) is 0 Å².